The summed E-state index contributed by atoms with van der Waals surface area (Å²) >= 11 is 0. The maximum absolute atomic E-state index is 4.15. The van der Waals surface area contributed by atoms with Gasteiger partial charge in [0, 0.05) is 19.3 Å². The van der Waals surface area contributed by atoms with Crippen molar-refractivity contribution < 1.29 is 0 Å². The predicted molar refractivity (Wildman–Crippen MR) is 51.1 cm³/mol. The Labute approximate surface area is 78.6 Å². The lowest BCUT2D eigenvalue weighted by atomic mass is 10.1. The Morgan fingerprint density at radius 2 is 2.38 bits per heavy atom. The third-order valence-electron chi connectivity index (χ3n) is 2.60. The second-order valence-electron chi connectivity index (χ2n) is 4.11. The lowest BCUT2D eigenvalue weighted by Gasteiger charge is -2.08. The Bertz CT molecular complexity index is 267. The molecule has 13 heavy (non-hydrogen) atoms. The Hall–Kier alpha value is -0.960. The first-order chi connectivity index (χ1) is 6.29. The molecule has 1 aromatic rings. The van der Waals surface area contributed by atoms with Crippen LogP contribution < -0.4 is 5.32 Å². The van der Waals surface area contributed by atoms with Gasteiger partial charge in [0.25, 0.3) is 0 Å². The second-order valence-corrected chi connectivity index (χ2v) is 4.11. The molecule has 0 saturated heterocycles. The normalized spacial score (nSPS) is 18.5. The Morgan fingerprint density at radius 3 is 3.00 bits per heavy atom. The van der Waals surface area contributed by atoms with Gasteiger partial charge in [0.2, 0.25) is 0 Å². The number of aromatic nitrogens is 2. The van der Waals surface area contributed by atoms with Crippen molar-refractivity contribution in [2.45, 2.75) is 26.3 Å². The van der Waals surface area contributed by atoms with E-state index in [9.17, 15) is 0 Å². The molecular formula is C10H15N3. The van der Waals surface area contributed by atoms with Crippen LogP contribution in [0.5, 0.6) is 0 Å². The van der Waals surface area contributed by atoms with E-state index in [0.717, 1.165) is 18.8 Å². The predicted octanol–water partition coefficient (Wildman–Crippen LogP) is 1.37. The minimum Gasteiger partial charge on any atom is -0.311 e. The standard InChI is InChI=1S/C10H15N3/c1-10(3-4-10)7-12-6-9-2-5-11-8-13-9/h2,5,8,12H,3-4,6-7H2,1H3. The maximum atomic E-state index is 4.15. The van der Waals surface area contributed by atoms with Crippen LogP contribution in [0.1, 0.15) is 25.5 Å². The van der Waals surface area contributed by atoms with E-state index >= 15 is 0 Å². The highest BCUT2D eigenvalue weighted by molar-refractivity contribution is 4.98. The van der Waals surface area contributed by atoms with Crippen molar-refractivity contribution in [2.75, 3.05) is 6.54 Å². The zero-order valence-electron chi connectivity index (χ0n) is 7.95. The molecule has 1 aliphatic carbocycles. The molecule has 0 atom stereocenters. The zero-order chi connectivity index (χ0) is 9.15. The molecule has 1 fully saturated rings. The van der Waals surface area contributed by atoms with Crippen LogP contribution in [0.2, 0.25) is 0 Å². The molecule has 1 saturated carbocycles. The summed E-state index contributed by atoms with van der Waals surface area (Å²) in [7, 11) is 0. The van der Waals surface area contributed by atoms with Crippen LogP contribution >= 0.6 is 0 Å². The first-order valence-electron chi connectivity index (χ1n) is 4.74. The Morgan fingerprint density at radius 1 is 1.54 bits per heavy atom. The van der Waals surface area contributed by atoms with E-state index in [0.29, 0.717) is 5.41 Å². The van der Waals surface area contributed by atoms with Crippen molar-refractivity contribution in [2.24, 2.45) is 5.41 Å². The molecule has 0 amide bonds. The highest BCUT2D eigenvalue weighted by Gasteiger charge is 2.36. The Balaban J connectivity index is 1.74. The molecule has 0 aromatic carbocycles. The van der Waals surface area contributed by atoms with E-state index in [4.69, 9.17) is 0 Å². The summed E-state index contributed by atoms with van der Waals surface area (Å²) in [5.74, 6) is 0. The molecule has 0 bridgehead atoms. The fourth-order valence-corrected chi connectivity index (χ4v) is 1.31. The van der Waals surface area contributed by atoms with Crippen LogP contribution in [0, 0.1) is 5.41 Å². The summed E-state index contributed by atoms with van der Waals surface area (Å²) in [5, 5.41) is 3.41. The van der Waals surface area contributed by atoms with Gasteiger partial charge in [0.15, 0.2) is 0 Å². The Kier molecular flexibility index (Phi) is 2.27. The van der Waals surface area contributed by atoms with Crippen molar-refractivity contribution in [1.29, 1.82) is 0 Å². The van der Waals surface area contributed by atoms with Gasteiger partial charge in [-0.05, 0) is 24.3 Å². The lowest BCUT2D eigenvalue weighted by Crippen LogP contribution is -2.21. The molecule has 1 aliphatic rings. The summed E-state index contributed by atoms with van der Waals surface area (Å²) < 4.78 is 0. The largest absolute Gasteiger partial charge is 0.311 e. The van der Waals surface area contributed by atoms with Crippen molar-refractivity contribution in [3.63, 3.8) is 0 Å². The minimum atomic E-state index is 0.576. The van der Waals surface area contributed by atoms with E-state index in [1.54, 1.807) is 12.5 Å². The third-order valence-corrected chi connectivity index (χ3v) is 2.60. The van der Waals surface area contributed by atoms with Crippen molar-refractivity contribution in [3.05, 3.63) is 24.3 Å². The average Bonchev–Trinajstić information content (AvgIpc) is 2.86. The van der Waals surface area contributed by atoms with Crippen LogP contribution in [0.4, 0.5) is 0 Å². The van der Waals surface area contributed by atoms with Crippen LogP contribution in [0.3, 0.4) is 0 Å². The van der Waals surface area contributed by atoms with Crippen LogP contribution in [0.15, 0.2) is 18.6 Å². The topological polar surface area (TPSA) is 37.8 Å². The van der Waals surface area contributed by atoms with Gasteiger partial charge in [-0.3, -0.25) is 0 Å². The molecule has 1 aromatic heterocycles. The first-order valence-corrected chi connectivity index (χ1v) is 4.74. The minimum absolute atomic E-state index is 0.576. The van der Waals surface area contributed by atoms with E-state index in [1.807, 2.05) is 6.07 Å². The molecule has 3 nitrogen and oxygen atoms in total. The van der Waals surface area contributed by atoms with Gasteiger partial charge < -0.3 is 5.32 Å². The van der Waals surface area contributed by atoms with Gasteiger partial charge in [-0.25, -0.2) is 9.97 Å². The van der Waals surface area contributed by atoms with Crippen molar-refractivity contribution in [1.82, 2.24) is 15.3 Å². The highest BCUT2D eigenvalue weighted by atomic mass is 14.9. The summed E-state index contributed by atoms with van der Waals surface area (Å²) in [6.45, 7) is 4.29. The molecule has 70 valence electrons. The van der Waals surface area contributed by atoms with Gasteiger partial charge in [-0.2, -0.15) is 0 Å². The number of nitrogens with zero attached hydrogens (tertiary/aromatic N) is 2. The van der Waals surface area contributed by atoms with E-state index in [1.165, 1.54) is 12.8 Å². The molecule has 0 aliphatic heterocycles. The smallest absolute Gasteiger partial charge is 0.115 e. The van der Waals surface area contributed by atoms with Gasteiger partial charge in [-0.1, -0.05) is 6.92 Å². The van der Waals surface area contributed by atoms with E-state index in [-0.39, 0.29) is 0 Å². The van der Waals surface area contributed by atoms with Gasteiger partial charge in [-0.15, -0.1) is 0 Å². The van der Waals surface area contributed by atoms with Crippen LogP contribution in [0.25, 0.3) is 0 Å². The molecule has 1 N–H and O–H groups in total. The summed E-state index contributed by atoms with van der Waals surface area (Å²) in [4.78, 5) is 8.02. The first kappa shape index (κ1) is 8.63. The molecule has 3 heteroatoms. The van der Waals surface area contributed by atoms with Crippen molar-refractivity contribution >= 4 is 0 Å². The number of rotatable bonds is 4. The summed E-state index contributed by atoms with van der Waals surface area (Å²) in [6, 6.07) is 1.95. The van der Waals surface area contributed by atoms with Gasteiger partial charge >= 0.3 is 0 Å². The lowest BCUT2D eigenvalue weighted by molar-refractivity contribution is 0.496. The SMILES string of the molecule is CC1(CNCc2ccncn2)CC1. The molecule has 0 unspecified atom stereocenters. The monoisotopic (exact) mass is 177 g/mol. The van der Waals surface area contributed by atoms with Crippen LogP contribution in [-0.4, -0.2) is 16.5 Å². The molecule has 0 radical (unpaired) electrons. The quantitative estimate of drug-likeness (QED) is 0.754. The zero-order valence-corrected chi connectivity index (χ0v) is 7.95. The van der Waals surface area contributed by atoms with Crippen molar-refractivity contribution in [3.8, 4) is 0 Å². The summed E-state index contributed by atoms with van der Waals surface area (Å²) in [5.41, 5.74) is 1.65. The average molecular weight is 177 g/mol. The third kappa shape index (κ3) is 2.49. The molecule has 1 heterocycles. The molecular weight excluding hydrogens is 162 g/mol. The fourth-order valence-electron chi connectivity index (χ4n) is 1.31. The number of hydrogen-bond donors (Lipinski definition) is 1. The van der Waals surface area contributed by atoms with Gasteiger partial charge in [0.1, 0.15) is 6.33 Å². The van der Waals surface area contributed by atoms with E-state index in [2.05, 4.69) is 22.2 Å². The molecule has 2 rings (SSSR count). The van der Waals surface area contributed by atoms with Gasteiger partial charge in [0.05, 0.1) is 5.69 Å². The number of nitrogens with one attached hydrogen (secondary N) is 1. The van der Waals surface area contributed by atoms with E-state index < -0.39 is 0 Å². The second kappa shape index (κ2) is 3.42. The summed E-state index contributed by atoms with van der Waals surface area (Å²) in [6.07, 6.45) is 6.10. The fraction of sp³-hybridized carbons (Fsp3) is 0.600. The maximum Gasteiger partial charge on any atom is 0.115 e. The highest BCUT2D eigenvalue weighted by Crippen LogP contribution is 2.43. The molecule has 0 spiro atoms. The number of hydrogen-bond acceptors (Lipinski definition) is 3. The van der Waals surface area contributed by atoms with Crippen LogP contribution in [-0.2, 0) is 6.54 Å².